The van der Waals surface area contributed by atoms with E-state index in [1.54, 1.807) is 26.1 Å². The Morgan fingerprint density at radius 1 is 1.24 bits per heavy atom. The molecule has 2 aromatic rings. The first kappa shape index (κ1) is 15.4. The third-order valence-electron chi connectivity index (χ3n) is 2.91. The maximum atomic E-state index is 13.7. The van der Waals surface area contributed by atoms with Crippen LogP contribution in [0.1, 0.15) is 11.1 Å². The van der Waals surface area contributed by atoms with E-state index in [0.717, 1.165) is 5.56 Å². The lowest BCUT2D eigenvalue weighted by atomic mass is 10.2. The van der Waals surface area contributed by atoms with Gasteiger partial charge in [-0.25, -0.2) is 9.37 Å². The van der Waals surface area contributed by atoms with E-state index < -0.39 is 15.8 Å². The molecule has 0 atom stereocenters. The predicted octanol–water partition coefficient (Wildman–Crippen LogP) is 2.05. The van der Waals surface area contributed by atoms with Crippen LogP contribution in [0.3, 0.4) is 0 Å². The number of hydrogen-bond donors (Lipinski definition) is 2. The van der Waals surface area contributed by atoms with Crippen molar-refractivity contribution in [1.82, 2.24) is 10.3 Å². The molecule has 0 aliphatic rings. The van der Waals surface area contributed by atoms with Gasteiger partial charge in [0.05, 0.1) is 5.69 Å². The van der Waals surface area contributed by atoms with Gasteiger partial charge in [-0.15, -0.1) is 0 Å². The topological polar surface area (TPSA) is 71.1 Å². The van der Waals surface area contributed by atoms with Gasteiger partial charge in [0.25, 0.3) is 10.0 Å². The highest BCUT2D eigenvalue weighted by Gasteiger charge is 2.18. The minimum Gasteiger partial charge on any atom is -0.316 e. The van der Waals surface area contributed by atoms with Gasteiger partial charge in [-0.3, -0.25) is 4.72 Å². The smallest absolute Gasteiger partial charge is 0.279 e. The van der Waals surface area contributed by atoms with E-state index in [1.165, 1.54) is 24.4 Å². The maximum absolute atomic E-state index is 13.7. The minimum atomic E-state index is -3.91. The average Bonchev–Trinajstić information content (AvgIpc) is 2.44. The van der Waals surface area contributed by atoms with E-state index in [2.05, 4.69) is 15.0 Å². The molecule has 0 saturated heterocycles. The molecule has 0 radical (unpaired) electrons. The zero-order valence-corrected chi connectivity index (χ0v) is 12.5. The van der Waals surface area contributed by atoms with Crippen LogP contribution >= 0.6 is 0 Å². The third kappa shape index (κ3) is 3.56. The van der Waals surface area contributed by atoms with Crippen molar-refractivity contribution < 1.29 is 12.8 Å². The molecule has 0 aliphatic carbocycles. The predicted molar refractivity (Wildman–Crippen MR) is 78.9 cm³/mol. The maximum Gasteiger partial charge on any atom is 0.279 e. The number of halogens is 1. The summed E-state index contributed by atoms with van der Waals surface area (Å²) in [6, 6.07) is 7.41. The Morgan fingerprint density at radius 2 is 2.00 bits per heavy atom. The molecule has 2 N–H and O–H groups in total. The van der Waals surface area contributed by atoms with Crippen LogP contribution in [-0.4, -0.2) is 20.4 Å². The van der Waals surface area contributed by atoms with Crippen LogP contribution in [0.2, 0.25) is 0 Å². The Balaban J connectivity index is 2.30. The second kappa shape index (κ2) is 6.19. The monoisotopic (exact) mass is 309 g/mol. The Labute approximate surface area is 123 Å². The lowest BCUT2D eigenvalue weighted by molar-refractivity contribution is 0.594. The number of nitrogens with one attached hydrogen (secondary N) is 2. The van der Waals surface area contributed by atoms with E-state index in [1.807, 2.05) is 0 Å². The SMILES string of the molecule is CNCc1ccc(S(=O)(=O)Nc2c(C)cccc2F)nc1. The molecule has 0 spiro atoms. The van der Waals surface area contributed by atoms with Crippen molar-refractivity contribution in [2.75, 3.05) is 11.8 Å². The number of anilines is 1. The van der Waals surface area contributed by atoms with Crippen LogP contribution in [0.25, 0.3) is 0 Å². The van der Waals surface area contributed by atoms with Crippen molar-refractivity contribution in [3.05, 3.63) is 53.5 Å². The van der Waals surface area contributed by atoms with E-state index in [0.29, 0.717) is 12.1 Å². The summed E-state index contributed by atoms with van der Waals surface area (Å²) in [7, 11) is -2.13. The number of aromatic nitrogens is 1. The summed E-state index contributed by atoms with van der Waals surface area (Å²) in [6.45, 7) is 2.22. The molecule has 1 aromatic carbocycles. The normalized spacial score (nSPS) is 11.4. The summed E-state index contributed by atoms with van der Waals surface area (Å²) in [5, 5.41) is 2.79. The quantitative estimate of drug-likeness (QED) is 0.887. The molecular weight excluding hydrogens is 293 g/mol. The summed E-state index contributed by atoms with van der Waals surface area (Å²) in [6.07, 6.45) is 1.47. The van der Waals surface area contributed by atoms with Crippen molar-refractivity contribution in [3.8, 4) is 0 Å². The molecule has 0 aliphatic heterocycles. The van der Waals surface area contributed by atoms with Gasteiger partial charge >= 0.3 is 0 Å². The Hall–Kier alpha value is -1.99. The number of hydrogen-bond acceptors (Lipinski definition) is 4. The van der Waals surface area contributed by atoms with Crippen molar-refractivity contribution in [3.63, 3.8) is 0 Å². The second-order valence-electron chi connectivity index (χ2n) is 4.57. The Bertz CT molecular complexity index is 710. The molecule has 7 heteroatoms. The largest absolute Gasteiger partial charge is 0.316 e. The van der Waals surface area contributed by atoms with Crippen molar-refractivity contribution >= 4 is 15.7 Å². The van der Waals surface area contributed by atoms with Gasteiger partial charge in [0, 0.05) is 12.7 Å². The molecule has 1 heterocycles. The first-order valence-electron chi connectivity index (χ1n) is 6.31. The molecule has 2 rings (SSSR count). The first-order valence-corrected chi connectivity index (χ1v) is 7.80. The third-order valence-corrected chi connectivity index (χ3v) is 4.18. The number of pyridine rings is 1. The number of sulfonamides is 1. The summed E-state index contributed by atoms with van der Waals surface area (Å²) in [4.78, 5) is 3.91. The first-order chi connectivity index (χ1) is 9.94. The molecule has 0 saturated carbocycles. The van der Waals surface area contributed by atoms with E-state index in [4.69, 9.17) is 0 Å². The van der Waals surface area contributed by atoms with Crippen molar-refractivity contribution in [2.24, 2.45) is 0 Å². The Morgan fingerprint density at radius 3 is 2.57 bits per heavy atom. The highest BCUT2D eigenvalue weighted by molar-refractivity contribution is 7.92. The molecule has 112 valence electrons. The van der Waals surface area contributed by atoms with Crippen LogP contribution in [0.4, 0.5) is 10.1 Å². The van der Waals surface area contributed by atoms with Crippen molar-refractivity contribution in [2.45, 2.75) is 18.5 Å². The lowest BCUT2D eigenvalue weighted by Crippen LogP contribution is -2.16. The van der Waals surface area contributed by atoms with Gasteiger partial charge in [0.2, 0.25) is 0 Å². The number of para-hydroxylation sites is 1. The molecule has 1 aromatic heterocycles. The molecule has 5 nitrogen and oxygen atoms in total. The summed E-state index contributed by atoms with van der Waals surface area (Å²) in [5.41, 5.74) is 1.31. The highest BCUT2D eigenvalue weighted by atomic mass is 32.2. The van der Waals surface area contributed by atoms with E-state index >= 15 is 0 Å². The molecular formula is C14H16FN3O2S. The summed E-state index contributed by atoms with van der Waals surface area (Å²) < 4.78 is 40.4. The van der Waals surface area contributed by atoms with Crippen LogP contribution in [0.5, 0.6) is 0 Å². The standard InChI is InChI=1S/C14H16FN3O2S/c1-10-4-3-5-12(15)14(10)18-21(19,20)13-7-6-11(8-16-2)9-17-13/h3-7,9,16,18H,8H2,1-2H3. The van der Waals surface area contributed by atoms with Crippen LogP contribution in [0.15, 0.2) is 41.6 Å². The van der Waals surface area contributed by atoms with Gasteiger partial charge in [-0.2, -0.15) is 8.42 Å². The average molecular weight is 309 g/mol. The van der Waals surface area contributed by atoms with Crippen LogP contribution < -0.4 is 10.0 Å². The molecule has 21 heavy (non-hydrogen) atoms. The van der Waals surface area contributed by atoms with Gasteiger partial charge in [0.15, 0.2) is 5.03 Å². The zero-order valence-electron chi connectivity index (χ0n) is 11.7. The van der Waals surface area contributed by atoms with E-state index in [-0.39, 0.29) is 10.7 Å². The summed E-state index contributed by atoms with van der Waals surface area (Å²) in [5.74, 6) is -0.620. The van der Waals surface area contributed by atoms with Gasteiger partial charge < -0.3 is 5.32 Å². The van der Waals surface area contributed by atoms with Crippen molar-refractivity contribution in [1.29, 1.82) is 0 Å². The zero-order chi connectivity index (χ0) is 15.5. The number of benzene rings is 1. The van der Waals surface area contributed by atoms with E-state index in [9.17, 15) is 12.8 Å². The fourth-order valence-electron chi connectivity index (χ4n) is 1.83. The minimum absolute atomic E-state index is 0.0569. The highest BCUT2D eigenvalue weighted by Crippen LogP contribution is 2.22. The molecule has 0 unspecified atom stereocenters. The number of aryl methyl sites for hydroxylation is 1. The molecule has 0 bridgehead atoms. The number of nitrogens with zero attached hydrogens (tertiary/aromatic N) is 1. The second-order valence-corrected chi connectivity index (χ2v) is 6.20. The Kier molecular flexibility index (Phi) is 4.54. The van der Waals surface area contributed by atoms with Gasteiger partial charge in [0.1, 0.15) is 5.82 Å². The number of rotatable bonds is 5. The van der Waals surface area contributed by atoms with Gasteiger partial charge in [-0.05, 0) is 37.2 Å². The molecule has 0 amide bonds. The summed E-state index contributed by atoms with van der Waals surface area (Å²) >= 11 is 0. The van der Waals surface area contributed by atoms with Gasteiger partial charge in [-0.1, -0.05) is 18.2 Å². The van der Waals surface area contributed by atoms with Crippen LogP contribution in [0, 0.1) is 12.7 Å². The van der Waals surface area contributed by atoms with Crippen LogP contribution in [-0.2, 0) is 16.6 Å². The fourth-order valence-corrected chi connectivity index (χ4v) is 2.90. The molecule has 0 fully saturated rings. The fraction of sp³-hybridized carbons (Fsp3) is 0.214. The lowest BCUT2D eigenvalue weighted by Gasteiger charge is -2.11.